The van der Waals surface area contributed by atoms with Crippen LogP contribution in [-0.2, 0) is 11.3 Å². The average Bonchev–Trinajstić information content (AvgIpc) is 2.35. The lowest BCUT2D eigenvalue weighted by molar-refractivity contribution is -0.139. The highest BCUT2D eigenvalue weighted by Crippen LogP contribution is 2.10. The molecule has 1 aromatic carbocycles. The molecule has 0 heterocycles. The second-order valence-electron chi connectivity index (χ2n) is 4.98. The van der Waals surface area contributed by atoms with Gasteiger partial charge in [0.15, 0.2) is 0 Å². The van der Waals surface area contributed by atoms with Crippen LogP contribution in [0, 0.1) is 5.92 Å². The van der Waals surface area contributed by atoms with Gasteiger partial charge in [-0.2, -0.15) is 0 Å². The maximum atomic E-state index is 11.7. The number of nitrogens with one attached hydrogen (secondary N) is 2. The summed E-state index contributed by atoms with van der Waals surface area (Å²) in [6, 6.07) is 5.72. The zero-order valence-electron chi connectivity index (χ0n) is 11.5. The maximum absolute atomic E-state index is 11.7. The van der Waals surface area contributed by atoms with Crippen molar-refractivity contribution in [3.8, 4) is 0 Å². The molecule has 1 atom stereocenters. The Morgan fingerprint density at radius 3 is 2.60 bits per heavy atom. The fourth-order valence-corrected chi connectivity index (χ4v) is 1.94. The van der Waals surface area contributed by atoms with Crippen LogP contribution in [0.5, 0.6) is 0 Å². The Hall–Kier alpha value is -1.75. The smallest absolute Gasteiger partial charge is 0.326 e. The van der Waals surface area contributed by atoms with Crippen molar-refractivity contribution in [3.05, 3.63) is 34.9 Å². The summed E-state index contributed by atoms with van der Waals surface area (Å²) in [5.74, 6) is -0.846. The number of benzene rings is 1. The highest BCUT2D eigenvalue weighted by atomic mass is 35.5. The molecule has 0 radical (unpaired) electrons. The second kappa shape index (κ2) is 7.75. The second-order valence-corrected chi connectivity index (χ2v) is 5.41. The van der Waals surface area contributed by atoms with Gasteiger partial charge in [0.1, 0.15) is 6.04 Å². The predicted molar refractivity (Wildman–Crippen MR) is 77.7 cm³/mol. The average molecular weight is 299 g/mol. The number of carbonyl (C=O) groups excluding carboxylic acids is 1. The van der Waals surface area contributed by atoms with Crippen LogP contribution in [0.3, 0.4) is 0 Å². The summed E-state index contributed by atoms with van der Waals surface area (Å²) in [6.07, 6.45) is 0.389. The number of rotatable bonds is 6. The van der Waals surface area contributed by atoms with E-state index < -0.39 is 18.0 Å². The Balaban J connectivity index is 2.47. The van der Waals surface area contributed by atoms with E-state index in [2.05, 4.69) is 10.6 Å². The maximum Gasteiger partial charge on any atom is 0.326 e. The van der Waals surface area contributed by atoms with E-state index in [4.69, 9.17) is 16.7 Å². The van der Waals surface area contributed by atoms with Gasteiger partial charge in [0.2, 0.25) is 0 Å². The molecule has 110 valence electrons. The number of carboxylic acid groups (broad SMARTS) is 1. The molecule has 0 spiro atoms. The van der Waals surface area contributed by atoms with Crippen molar-refractivity contribution in [2.75, 3.05) is 0 Å². The van der Waals surface area contributed by atoms with Crippen LogP contribution in [0.2, 0.25) is 5.02 Å². The van der Waals surface area contributed by atoms with Gasteiger partial charge in [-0.15, -0.1) is 0 Å². The molecule has 6 heteroatoms. The van der Waals surface area contributed by atoms with Crippen molar-refractivity contribution >= 4 is 23.6 Å². The molecule has 0 saturated heterocycles. The normalized spacial score (nSPS) is 12.0. The molecule has 0 saturated carbocycles. The summed E-state index contributed by atoms with van der Waals surface area (Å²) in [7, 11) is 0. The summed E-state index contributed by atoms with van der Waals surface area (Å²) in [5.41, 5.74) is 0.850. The van der Waals surface area contributed by atoms with Gasteiger partial charge < -0.3 is 15.7 Å². The van der Waals surface area contributed by atoms with Crippen LogP contribution in [-0.4, -0.2) is 23.1 Å². The lowest BCUT2D eigenvalue weighted by atomic mass is 10.0. The van der Waals surface area contributed by atoms with Gasteiger partial charge >= 0.3 is 12.0 Å². The third kappa shape index (κ3) is 5.93. The molecule has 1 rings (SSSR count). The Labute approximate surface area is 123 Å². The Bertz CT molecular complexity index is 477. The number of urea groups is 1. The first-order valence-electron chi connectivity index (χ1n) is 6.40. The Morgan fingerprint density at radius 2 is 2.05 bits per heavy atom. The highest BCUT2D eigenvalue weighted by molar-refractivity contribution is 6.30. The van der Waals surface area contributed by atoms with Crippen molar-refractivity contribution in [2.45, 2.75) is 32.9 Å². The van der Waals surface area contributed by atoms with E-state index in [-0.39, 0.29) is 5.92 Å². The first-order chi connectivity index (χ1) is 9.38. The number of hydrogen-bond acceptors (Lipinski definition) is 2. The molecule has 20 heavy (non-hydrogen) atoms. The van der Waals surface area contributed by atoms with Gasteiger partial charge in [-0.3, -0.25) is 0 Å². The van der Waals surface area contributed by atoms with E-state index in [1.54, 1.807) is 18.2 Å². The minimum atomic E-state index is -1.03. The van der Waals surface area contributed by atoms with Crippen LogP contribution < -0.4 is 10.6 Å². The van der Waals surface area contributed by atoms with Crippen LogP contribution in [0.4, 0.5) is 4.79 Å². The monoisotopic (exact) mass is 298 g/mol. The number of carbonyl (C=O) groups is 2. The molecule has 0 unspecified atom stereocenters. The van der Waals surface area contributed by atoms with Gasteiger partial charge in [-0.05, 0) is 30.0 Å². The fraction of sp³-hybridized carbons (Fsp3) is 0.429. The van der Waals surface area contributed by atoms with Crippen molar-refractivity contribution in [2.24, 2.45) is 5.92 Å². The van der Waals surface area contributed by atoms with Gasteiger partial charge in [-0.25, -0.2) is 9.59 Å². The zero-order valence-corrected chi connectivity index (χ0v) is 12.3. The lowest BCUT2D eigenvalue weighted by Crippen LogP contribution is -2.46. The number of aliphatic carboxylic acids is 1. The highest BCUT2D eigenvalue weighted by Gasteiger charge is 2.20. The summed E-state index contributed by atoms with van der Waals surface area (Å²) in [5, 5.41) is 14.7. The van der Waals surface area contributed by atoms with Crippen LogP contribution in [0.25, 0.3) is 0 Å². The first-order valence-corrected chi connectivity index (χ1v) is 6.78. The SMILES string of the molecule is CC(C)C[C@H](NC(=O)NCc1cccc(Cl)c1)C(=O)O. The van der Waals surface area contributed by atoms with E-state index in [1.807, 2.05) is 19.9 Å². The number of amides is 2. The van der Waals surface area contributed by atoms with E-state index in [1.165, 1.54) is 0 Å². The van der Waals surface area contributed by atoms with E-state index in [0.29, 0.717) is 18.0 Å². The third-order valence-corrected chi connectivity index (χ3v) is 2.89. The number of halogens is 1. The molecule has 0 fully saturated rings. The molecule has 0 aliphatic heterocycles. The molecule has 2 amide bonds. The summed E-state index contributed by atoms with van der Waals surface area (Å²) >= 11 is 5.84. The van der Waals surface area contributed by atoms with Crippen LogP contribution >= 0.6 is 11.6 Å². The van der Waals surface area contributed by atoms with Crippen molar-refractivity contribution < 1.29 is 14.7 Å². The standard InChI is InChI=1S/C14H19ClN2O3/c1-9(2)6-12(13(18)19)17-14(20)16-8-10-4-3-5-11(15)7-10/h3-5,7,9,12H,6,8H2,1-2H3,(H,18,19)(H2,16,17,20)/t12-/m0/s1. The molecule has 0 aliphatic rings. The quantitative estimate of drug-likeness (QED) is 0.755. The van der Waals surface area contributed by atoms with E-state index >= 15 is 0 Å². The van der Waals surface area contributed by atoms with Crippen LogP contribution in [0.1, 0.15) is 25.8 Å². The Kier molecular flexibility index (Phi) is 6.31. The molecule has 5 nitrogen and oxygen atoms in total. The predicted octanol–water partition coefficient (Wildman–Crippen LogP) is 2.64. The minimum Gasteiger partial charge on any atom is -0.480 e. The van der Waals surface area contributed by atoms with E-state index in [0.717, 1.165) is 5.56 Å². The van der Waals surface area contributed by atoms with Crippen LogP contribution in [0.15, 0.2) is 24.3 Å². The van der Waals surface area contributed by atoms with Crippen molar-refractivity contribution in [1.82, 2.24) is 10.6 Å². The summed E-state index contributed by atoms with van der Waals surface area (Å²) in [4.78, 5) is 22.7. The van der Waals surface area contributed by atoms with Gasteiger partial charge in [0.05, 0.1) is 0 Å². The number of carboxylic acids is 1. The topological polar surface area (TPSA) is 78.4 Å². The molecule has 0 aliphatic carbocycles. The molecule has 0 bridgehead atoms. The molecular weight excluding hydrogens is 280 g/mol. The number of hydrogen-bond donors (Lipinski definition) is 3. The minimum absolute atomic E-state index is 0.185. The van der Waals surface area contributed by atoms with Crippen molar-refractivity contribution in [3.63, 3.8) is 0 Å². The molecule has 1 aromatic rings. The van der Waals surface area contributed by atoms with Gasteiger partial charge in [0, 0.05) is 11.6 Å². The summed E-state index contributed by atoms with van der Waals surface area (Å²) in [6.45, 7) is 4.10. The van der Waals surface area contributed by atoms with Gasteiger partial charge in [-0.1, -0.05) is 37.6 Å². The van der Waals surface area contributed by atoms with Crippen molar-refractivity contribution in [1.29, 1.82) is 0 Å². The first kappa shape index (κ1) is 16.3. The zero-order chi connectivity index (χ0) is 15.1. The molecule has 0 aromatic heterocycles. The third-order valence-electron chi connectivity index (χ3n) is 2.65. The Morgan fingerprint density at radius 1 is 1.35 bits per heavy atom. The summed E-state index contributed by atoms with van der Waals surface area (Å²) < 4.78 is 0. The fourth-order valence-electron chi connectivity index (χ4n) is 1.73. The molecule has 3 N–H and O–H groups in total. The van der Waals surface area contributed by atoms with E-state index in [9.17, 15) is 9.59 Å². The molecular formula is C14H19ClN2O3. The lowest BCUT2D eigenvalue weighted by Gasteiger charge is -2.17. The largest absolute Gasteiger partial charge is 0.480 e. The van der Waals surface area contributed by atoms with Gasteiger partial charge in [0.25, 0.3) is 0 Å².